The SMILES string of the molecule is COCc1ccc(C(C)(CN)OC)o1. The first-order chi connectivity index (χ1) is 6.66. The third kappa shape index (κ3) is 2.15. The molecule has 0 saturated heterocycles. The van der Waals surface area contributed by atoms with E-state index in [9.17, 15) is 0 Å². The van der Waals surface area contributed by atoms with Crippen molar-refractivity contribution in [2.24, 2.45) is 5.73 Å². The Balaban J connectivity index is 2.84. The zero-order chi connectivity index (χ0) is 10.6. The van der Waals surface area contributed by atoms with E-state index in [1.54, 1.807) is 14.2 Å². The van der Waals surface area contributed by atoms with Crippen molar-refractivity contribution in [3.63, 3.8) is 0 Å². The van der Waals surface area contributed by atoms with Gasteiger partial charge < -0.3 is 19.6 Å². The third-order valence-corrected chi connectivity index (χ3v) is 2.31. The summed E-state index contributed by atoms with van der Waals surface area (Å²) in [5.41, 5.74) is 5.07. The Hall–Kier alpha value is -0.840. The lowest BCUT2D eigenvalue weighted by Crippen LogP contribution is -2.33. The fourth-order valence-electron chi connectivity index (χ4n) is 1.17. The van der Waals surface area contributed by atoms with Crippen LogP contribution in [-0.2, 0) is 21.7 Å². The van der Waals surface area contributed by atoms with Gasteiger partial charge in [0.25, 0.3) is 0 Å². The molecule has 1 aromatic rings. The van der Waals surface area contributed by atoms with E-state index >= 15 is 0 Å². The lowest BCUT2D eigenvalue weighted by Gasteiger charge is -2.23. The van der Waals surface area contributed by atoms with Gasteiger partial charge in [0.2, 0.25) is 0 Å². The quantitative estimate of drug-likeness (QED) is 0.775. The van der Waals surface area contributed by atoms with Gasteiger partial charge in [-0.25, -0.2) is 0 Å². The van der Waals surface area contributed by atoms with Crippen LogP contribution in [0.1, 0.15) is 18.4 Å². The van der Waals surface area contributed by atoms with Crippen LogP contribution in [0.15, 0.2) is 16.5 Å². The second-order valence-corrected chi connectivity index (χ2v) is 3.34. The smallest absolute Gasteiger partial charge is 0.137 e. The Kier molecular flexibility index (Phi) is 3.69. The minimum Gasteiger partial charge on any atom is -0.460 e. The van der Waals surface area contributed by atoms with Gasteiger partial charge in [-0.15, -0.1) is 0 Å². The number of nitrogens with two attached hydrogens (primary N) is 1. The van der Waals surface area contributed by atoms with E-state index in [-0.39, 0.29) is 0 Å². The molecule has 0 aromatic carbocycles. The normalized spacial score (nSPS) is 15.4. The molecule has 0 aliphatic heterocycles. The third-order valence-electron chi connectivity index (χ3n) is 2.31. The van der Waals surface area contributed by atoms with E-state index in [1.807, 2.05) is 19.1 Å². The largest absolute Gasteiger partial charge is 0.460 e. The fraction of sp³-hybridized carbons (Fsp3) is 0.600. The van der Waals surface area contributed by atoms with E-state index in [0.29, 0.717) is 13.2 Å². The van der Waals surface area contributed by atoms with Gasteiger partial charge in [-0.1, -0.05) is 0 Å². The maximum absolute atomic E-state index is 5.62. The molecule has 0 aliphatic carbocycles. The molecule has 80 valence electrons. The summed E-state index contributed by atoms with van der Waals surface area (Å²) in [6.45, 7) is 2.73. The predicted octanol–water partition coefficient (Wildman–Crippen LogP) is 1.25. The maximum Gasteiger partial charge on any atom is 0.137 e. The Bertz CT molecular complexity index is 279. The monoisotopic (exact) mass is 199 g/mol. The van der Waals surface area contributed by atoms with Gasteiger partial charge in [0.1, 0.15) is 23.7 Å². The maximum atomic E-state index is 5.62. The first-order valence-corrected chi connectivity index (χ1v) is 4.49. The van der Waals surface area contributed by atoms with Crippen molar-refractivity contribution in [3.05, 3.63) is 23.7 Å². The van der Waals surface area contributed by atoms with Crippen molar-refractivity contribution in [1.29, 1.82) is 0 Å². The van der Waals surface area contributed by atoms with Crippen molar-refractivity contribution in [2.45, 2.75) is 19.1 Å². The highest BCUT2D eigenvalue weighted by Crippen LogP contribution is 2.25. The second kappa shape index (κ2) is 4.59. The van der Waals surface area contributed by atoms with Gasteiger partial charge in [0.05, 0.1) is 0 Å². The van der Waals surface area contributed by atoms with E-state index in [4.69, 9.17) is 19.6 Å². The summed E-state index contributed by atoms with van der Waals surface area (Å²) in [6, 6.07) is 3.73. The van der Waals surface area contributed by atoms with Gasteiger partial charge in [0, 0.05) is 20.8 Å². The lowest BCUT2D eigenvalue weighted by atomic mass is 10.0. The van der Waals surface area contributed by atoms with Crippen LogP contribution in [-0.4, -0.2) is 20.8 Å². The summed E-state index contributed by atoms with van der Waals surface area (Å²) in [5.74, 6) is 1.51. The first-order valence-electron chi connectivity index (χ1n) is 4.49. The van der Waals surface area contributed by atoms with Crippen molar-refractivity contribution < 1.29 is 13.9 Å². The summed E-state index contributed by atoms with van der Waals surface area (Å²) in [6.07, 6.45) is 0. The summed E-state index contributed by atoms with van der Waals surface area (Å²) in [5, 5.41) is 0. The summed E-state index contributed by atoms with van der Waals surface area (Å²) >= 11 is 0. The molecule has 1 rings (SSSR count). The number of hydrogen-bond acceptors (Lipinski definition) is 4. The molecule has 1 heterocycles. The second-order valence-electron chi connectivity index (χ2n) is 3.34. The number of methoxy groups -OCH3 is 2. The average molecular weight is 199 g/mol. The topological polar surface area (TPSA) is 57.6 Å². The fourth-order valence-corrected chi connectivity index (χ4v) is 1.17. The number of rotatable bonds is 5. The minimum atomic E-state index is -0.550. The van der Waals surface area contributed by atoms with Gasteiger partial charge in [-0.2, -0.15) is 0 Å². The van der Waals surface area contributed by atoms with Crippen LogP contribution in [0.4, 0.5) is 0 Å². The molecule has 0 amide bonds. The zero-order valence-electron chi connectivity index (χ0n) is 8.87. The Morgan fingerprint density at radius 2 is 2.14 bits per heavy atom. The lowest BCUT2D eigenvalue weighted by molar-refractivity contribution is -0.00979. The van der Waals surface area contributed by atoms with Crippen LogP contribution < -0.4 is 5.73 Å². The minimum absolute atomic E-state index is 0.378. The average Bonchev–Trinajstić information content (AvgIpc) is 2.66. The Morgan fingerprint density at radius 3 is 2.64 bits per heavy atom. The van der Waals surface area contributed by atoms with Crippen LogP contribution in [0.2, 0.25) is 0 Å². The standard InChI is InChI=1S/C10H17NO3/c1-10(7-11,13-3)9-5-4-8(14-9)6-12-2/h4-5H,6-7,11H2,1-3H3. The molecular formula is C10H17NO3. The van der Waals surface area contributed by atoms with Crippen molar-refractivity contribution in [3.8, 4) is 0 Å². The van der Waals surface area contributed by atoms with Crippen molar-refractivity contribution in [2.75, 3.05) is 20.8 Å². The zero-order valence-corrected chi connectivity index (χ0v) is 8.87. The van der Waals surface area contributed by atoms with Gasteiger partial charge in [-0.05, 0) is 19.1 Å². The molecule has 0 fully saturated rings. The Labute approximate surface area is 84.0 Å². The molecule has 0 spiro atoms. The molecule has 0 aliphatic rings. The van der Waals surface area contributed by atoms with E-state index < -0.39 is 5.60 Å². The van der Waals surface area contributed by atoms with E-state index in [2.05, 4.69) is 0 Å². The first kappa shape index (κ1) is 11.2. The number of ether oxygens (including phenoxy) is 2. The number of furan rings is 1. The molecule has 14 heavy (non-hydrogen) atoms. The van der Waals surface area contributed by atoms with Crippen molar-refractivity contribution >= 4 is 0 Å². The van der Waals surface area contributed by atoms with Crippen LogP contribution >= 0.6 is 0 Å². The van der Waals surface area contributed by atoms with Crippen molar-refractivity contribution in [1.82, 2.24) is 0 Å². The predicted molar refractivity (Wildman–Crippen MR) is 52.8 cm³/mol. The van der Waals surface area contributed by atoms with E-state index in [1.165, 1.54) is 0 Å². The van der Waals surface area contributed by atoms with Crippen LogP contribution in [0.3, 0.4) is 0 Å². The van der Waals surface area contributed by atoms with Crippen LogP contribution in [0, 0.1) is 0 Å². The molecule has 4 heteroatoms. The molecule has 1 aromatic heterocycles. The number of hydrogen-bond donors (Lipinski definition) is 1. The van der Waals surface area contributed by atoms with E-state index in [0.717, 1.165) is 11.5 Å². The van der Waals surface area contributed by atoms with Crippen LogP contribution in [0.25, 0.3) is 0 Å². The molecule has 1 atom stereocenters. The van der Waals surface area contributed by atoms with Gasteiger partial charge in [0.15, 0.2) is 0 Å². The van der Waals surface area contributed by atoms with Gasteiger partial charge in [-0.3, -0.25) is 0 Å². The Morgan fingerprint density at radius 1 is 1.43 bits per heavy atom. The molecule has 0 bridgehead atoms. The molecule has 2 N–H and O–H groups in total. The highest BCUT2D eigenvalue weighted by Gasteiger charge is 2.28. The summed E-state index contributed by atoms with van der Waals surface area (Å²) in [4.78, 5) is 0. The highest BCUT2D eigenvalue weighted by atomic mass is 16.5. The summed E-state index contributed by atoms with van der Waals surface area (Å²) in [7, 11) is 3.24. The molecule has 0 radical (unpaired) electrons. The van der Waals surface area contributed by atoms with Crippen LogP contribution in [0.5, 0.6) is 0 Å². The molecule has 0 saturated carbocycles. The van der Waals surface area contributed by atoms with Gasteiger partial charge >= 0.3 is 0 Å². The summed E-state index contributed by atoms with van der Waals surface area (Å²) < 4.78 is 15.8. The molecular weight excluding hydrogens is 182 g/mol. The molecule has 1 unspecified atom stereocenters. The molecule has 4 nitrogen and oxygen atoms in total. The highest BCUT2D eigenvalue weighted by molar-refractivity contribution is 5.13.